The summed E-state index contributed by atoms with van der Waals surface area (Å²) in [5, 5.41) is 22.9. The van der Waals surface area contributed by atoms with Crippen molar-refractivity contribution in [2.45, 2.75) is 75.5 Å². The minimum absolute atomic E-state index is 0.0969. The SMILES string of the molecule is O=C(CNC12CC3CC(C1)CC(N(CCCCO)C(=O)O)(C3)C2)N1Cc2ccccc2C1. The van der Waals surface area contributed by atoms with E-state index in [0.29, 0.717) is 50.9 Å². The number of nitrogens with zero attached hydrogens (tertiary/aromatic N) is 2. The molecular formula is C25H35N3O4. The van der Waals surface area contributed by atoms with E-state index in [0.717, 1.165) is 32.1 Å². The third kappa shape index (κ3) is 3.90. The molecule has 174 valence electrons. The second-order valence-electron chi connectivity index (χ2n) is 10.7. The Morgan fingerprint density at radius 3 is 2.31 bits per heavy atom. The molecule has 4 fully saturated rings. The molecule has 0 spiro atoms. The van der Waals surface area contributed by atoms with Gasteiger partial charge in [0.1, 0.15) is 0 Å². The average Bonchev–Trinajstić information content (AvgIpc) is 3.18. The largest absolute Gasteiger partial charge is 0.465 e. The monoisotopic (exact) mass is 441 g/mol. The number of carbonyl (C=O) groups is 2. The summed E-state index contributed by atoms with van der Waals surface area (Å²) in [5.41, 5.74) is 1.99. The molecule has 1 aromatic carbocycles. The summed E-state index contributed by atoms with van der Waals surface area (Å²) >= 11 is 0. The van der Waals surface area contributed by atoms with Crippen molar-refractivity contribution in [1.29, 1.82) is 0 Å². The van der Waals surface area contributed by atoms with E-state index in [4.69, 9.17) is 5.11 Å². The molecular weight excluding hydrogens is 406 g/mol. The lowest BCUT2D eigenvalue weighted by Gasteiger charge is -2.64. The molecule has 7 nitrogen and oxygen atoms in total. The Kier molecular flexibility index (Phi) is 5.66. The smallest absolute Gasteiger partial charge is 0.407 e. The Labute approximate surface area is 189 Å². The Morgan fingerprint density at radius 2 is 1.72 bits per heavy atom. The maximum absolute atomic E-state index is 13.0. The maximum atomic E-state index is 13.0. The van der Waals surface area contributed by atoms with Crippen LogP contribution in [-0.4, -0.2) is 62.8 Å². The van der Waals surface area contributed by atoms with E-state index in [9.17, 15) is 14.7 Å². The van der Waals surface area contributed by atoms with Gasteiger partial charge in [-0.25, -0.2) is 4.79 Å². The van der Waals surface area contributed by atoms with Crippen molar-refractivity contribution in [2.24, 2.45) is 11.8 Å². The van der Waals surface area contributed by atoms with Gasteiger partial charge in [-0.2, -0.15) is 0 Å². The number of benzene rings is 1. The number of unbranched alkanes of at least 4 members (excludes halogenated alkanes) is 1. The van der Waals surface area contributed by atoms with Crippen molar-refractivity contribution in [1.82, 2.24) is 15.1 Å². The molecule has 6 rings (SSSR count). The number of aliphatic hydroxyl groups excluding tert-OH is 1. The number of fused-ring (bicyclic) bond motifs is 1. The Bertz CT molecular complexity index is 849. The van der Waals surface area contributed by atoms with Crippen molar-refractivity contribution in [3.63, 3.8) is 0 Å². The summed E-state index contributed by atoms with van der Waals surface area (Å²) in [6.45, 7) is 2.25. The Hall–Kier alpha value is -2.12. The van der Waals surface area contributed by atoms with Crippen LogP contribution in [-0.2, 0) is 17.9 Å². The highest BCUT2D eigenvalue weighted by molar-refractivity contribution is 5.79. The number of carbonyl (C=O) groups excluding carboxylic acids is 1. The predicted molar refractivity (Wildman–Crippen MR) is 120 cm³/mol. The first-order valence-corrected chi connectivity index (χ1v) is 12.1. The standard InChI is InChI=1S/C25H35N3O4/c29-8-4-3-7-28(23(31)32)25-12-18-9-19(13-25)11-24(10-18,17-25)26-14-22(30)27-15-20-5-1-2-6-21(20)16-27/h1-2,5-6,18-19,26,29H,3-4,7-17H2,(H,31,32). The van der Waals surface area contributed by atoms with E-state index in [1.54, 1.807) is 4.90 Å². The van der Waals surface area contributed by atoms with Gasteiger partial charge >= 0.3 is 6.09 Å². The molecule has 1 heterocycles. The molecule has 2 amide bonds. The van der Waals surface area contributed by atoms with Gasteiger partial charge in [0.05, 0.1) is 6.54 Å². The summed E-state index contributed by atoms with van der Waals surface area (Å²) < 4.78 is 0. The van der Waals surface area contributed by atoms with Gasteiger partial charge in [-0.15, -0.1) is 0 Å². The zero-order valence-corrected chi connectivity index (χ0v) is 18.8. The highest BCUT2D eigenvalue weighted by Gasteiger charge is 2.60. The van der Waals surface area contributed by atoms with E-state index < -0.39 is 6.09 Å². The molecule has 4 bridgehead atoms. The molecule has 4 aliphatic carbocycles. The zero-order chi connectivity index (χ0) is 22.3. The van der Waals surface area contributed by atoms with Crippen molar-refractivity contribution in [3.8, 4) is 0 Å². The van der Waals surface area contributed by atoms with Gasteiger partial charge in [-0.1, -0.05) is 24.3 Å². The van der Waals surface area contributed by atoms with E-state index in [2.05, 4.69) is 17.4 Å². The van der Waals surface area contributed by atoms with Crippen LogP contribution in [0.5, 0.6) is 0 Å². The summed E-state index contributed by atoms with van der Waals surface area (Å²) in [5.74, 6) is 1.17. The third-order valence-corrected chi connectivity index (χ3v) is 8.43. The number of amides is 2. The van der Waals surface area contributed by atoms with Crippen LogP contribution in [0.3, 0.4) is 0 Å². The fraction of sp³-hybridized carbons (Fsp3) is 0.680. The Morgan fingerprint density at radius 1 is 1.06 bits per heavy atom. The fourth-order valence-electron chi connectivity index (χ4n) is 7.54. The molecule has 4 saturated carbocycles. The first kappa shape index (κ1) is 21.7. The summed E-state index contributed by atoms with van der Waals surface area (Å²) in [6, 6.07) is 8.23. The topological polar surface area (TPSA) is 93.1 Å². The van der Waals surface area contributed by atoms with Gasteiger partial charge < -0.3 is 25.3 Å². The molecule has 0 radical (unpaired) electrons. The van der Waals surface area contributed by atoms with E-state index in [1.165, 1.54) is 17.5 Å². The van der Waals surface area contributed by atoms with Crippen LogP contribution in [0, 0.1) is 11.8 Å². The highest BCUT2D eigenvalue weighted by atomic mass is 16.4. The van der Waals surface area contributed by atoms with Crippen LogP contribution in [0.25, 0.3) is 0 Å². The average molecular weight is 442 g/mol. The molecule has 0 aromatic heterocycles. The first-order valence-electron chi connectivity index (χ1n) is 12.1. The summed E-state index contributed by atoms with van der Waals surface area (Å²) in [7, 11) is 0. The second-order valence-corrected chi connectivity index (χ2v) is 10.7. The van der Waals surface area contributed by atoms with Crippen molar-refractivity contribution in [3.05, 3.63) is 35.4 Å². The van der Waals surface area contributed by atoms with E-state index in [-0.39, 0.29) is 23.6 Å². The van der Waals surface area contributed by atoms with Gasteiger partial charge in [-0.05, 0) is 74.3 Å². The third-order valence-electron chi connectivity index (χ3n) is 8.43. The summed E-state index contributed by atoms with van der Waals surface area (Å²) in [4.78, 5) is 28.9. The zero-order valence-electron chi connectivity index (χ0n) is 18.8. The van der Waals surface area contributed by atoms with Gasteiger partial charge in [0.15, 0.2) is 0 Å². The van der Waals surface area contributed by atoms with Crippen LogP contribution >= 0.6 is 0 Å². The van der Waals surface area contributed by atoms with Crippen LogP contribution < -0.4 is 5.32 Å². The molecule has 2 atom stereocenters. The minimum Gasteiger partial charge on any atom is -0.465 e. The molecule has 3 N–H and O–H groups in total. The van der Waals surface area contributed by atoms with Gasteiger partial charge in [-0.3, -0.25) is 4.79 Å². The van der Waals surface area contributed by atoms with Crippen LogP contribution in [0.1, 0.15) is 62.5 Å². The highest BCUT2D eigenvalue weighted by Crippen LogP contribution is 2.59. The number of hydrogen-bond acceptors (Lipinski definition) is 4. The molecule has 5 aliphatic rings. The lowest BCUT2D eigenvalue weighted by Crippen LogP contribution is -2.70. The predicted octanol–water partition coefficient (Wildman–Crippen LogP) is 2.96. The molecule has 32 heavy (non-hydrogen) atoms. The maximum Gasteiger partial charge on any atom is 0.407 e. The molecule has 2 unspecified atom stereocenters. The molecule has 1 aromatic rings. The number of rotatable bonds is 8. The normalized spacial score (nSPS) is 32.2. The van der Waals surface area contributed by atoms with Crippen molar-refractivity contribution < 1.29 is 19.8 Å². The van der Waals surface area contributed by atoms with Gasteiger partial charge in [0, 0.05) is 37.3 Å². The summed E-state index contributed by atoms with van der Waals surface area (Å²) in [6.07, 6.45) is 6.42. The fourth-order valence-corrected chi connectivity index (χ4v) is 7.54. The quantitative estimate of drug-likeness (QED) is 0.540. The molecule has 0 saturated heterocycles. The molecule has 7 heteroatoms. The van der Waals surface area contributed by atoms with Crippen molar-refractivity contribution >= 4 is 12.0 Å². The van der Waals surface area contributed by atoms with E-state index >= 15 is 0 Å². The molecule has 1 aliphatic heterocycles. The Balaban J connectivity index is 1.27. The van der Waals surface area contributed by atoms with E-state index in [1.807, 2.05) is 17.0 Å². The lowest BCUT2D eigenvalue weighted by molar-refractivity contribution is -0.134. The second kappa shape index (κ2) is 8.34. The number of nitrogens with one attached hydrogen (secondary N) is 1. The first-order chi connectivity index (χ1) is 15.4. The number of carboxylic acid groups (broad SMARTS) is 1. The van der Waals surface area contributed by atoms with Crippen LogP contribution in [0.2, 0.25) is 0 Å². The minimum atomic E-state index is -0.842. The van der Waals surface area contributed by atoms with Gasteiger partial charge in [0.25, 0.3) is 0 Å². The van der Waals surface area contributed by atoms with Crippen LogP contribution in [0.4, 0.5) is 4.79 Å². The number of aliphatic hydroxyl groups is 1. The number of hydrogen-bond donors (Lipinski definition) is 3. The van der Waals surface area contributed by atoms with Crippen molar-refractivity contribution in [2.75, 3.05) is 19.7 Å². The lowest BCUT2D eigenvalue weighted by atomic mass is 9.49. The van der Waals surface area contributed by atoms with Gasteiger partial charge in [0.2, 0.25) is 5.91 Å². The van der Waals surface area contributed by atoms with Crippen LogP contribution in [0.15, 0.2) is 24.3 Å².